The second kappa shape index (κ2) is 8.00. The predicted octanol–water partition coefficient (Wildman–Crippen LogP) is 4.40. The van der Waals surface area contributed by atoms with Gasteiger partial charge in [-0.2, -0.15) is 13.9 Å². The zero-order valence-electron chi connectivity index (χ0n) is 17.4. The maximum atomic E-state index is 13.1. The molecule has 1 amide bonds. The summed E-state index contributed by atoms with van der Waals surface area (Å²) >= 11 is 0. The number of amides is 1. The first kappa shape index (κ1) is 21.1. The van der Waals surface area contributed by atoms with Gasteiger partial charge in [0.15, 0.2) is 11.5 Å². The number of halogens is 2. The zero-order chi connectivity index (χ0) is 21.3. The number of hydrogen-bond donors (Lipinski definition) is 0. The lowest BCUT2D eigenvalue weighted by Gasteiger charge is -2.24. The van der Waals surface area contributed by atoms with Crippen LogP contribution in [0.4, 0.5) is 8.78 Å². The second-order valence-corrected chi connectivity index (χ2v) is 8.34. The van der Waals surface area contributed by atoms with Gasteiger partial charge in [0, 0.05) is 19.5 Å². The molecule has 0 unspecified atom stereocenters. The molecule has 1 heterocycles. The Morgan fingerprint density at radius 2 is 1.97 bits per heavy atom. The Morgan fingerprint density at radius 1 is 1.28 bits per heavy atom. The van der Waals surface area contributed by atoms with Gasteiger partial charge in [0.05, 0.1) is 18.3 Å². The molecule has 0 N–H and O–H groups in total. The Bertz CT molecular complexity index is 886. The lowest BCUT2D eigenvalue weighted by Crippen LogP contribution is -2.33. The van der Waals surface area contributed by atoms with E-state index in [1.807, 2.05) is 26.8 Å². The zero-order valence-corrected chi connectivity index (χ0v) is 17.4. The summed E-state index contributed by atoms with van der Waals surface area (Å²) in [5.41, 5.74) is 1.93. The summed E-state index contributed by atoms with van der Waals surface area (Å²) in [5, 5.41) is 4.68. The van der Waals surface area contributed by atoms with Crippen molar-refractivity contribution in [1.82, 2.24) is 14.7 Å². The average Bonchev–Trinajstić information content (AvgIpc) is 3.39. The van der Waals surface area contributed by atoms with E-state index in [-0.39, 0.29) is 29.5 Å². The standard InChI is InChI=1S/C21H27F2N3O3/c1-21(2,3)26-16(11-15(24-26)14-7-8-14)19(27)25(4)12-13-6-9-17(29-20(22)23)18(10-13)28-5/h6,9-11,14,20H,7-8,12H2,1-5H3. The van der Waals surface area contributed by atoms with Crippen LogP contribution < -0.4 is 9.47 Å². The topological polar surface area (TPSA) is 56.6 Å². The number of alkyl halides is 2. The first-order valence-electron chi connectivity index (χ1n) is 9.57. The first-order valence-corrected chi connectivity index (χ1v) is 9.57. The summed E-state index contributed by atoms with van der Waals surface area (Å²) in [6.07, 6.45) is 2.22. The Hall–Kier alpha value is -2.64. The van der Waals surface area contributed by atoms with Gasteiger partial charge in [0.1, 0.15) is 5.69 Å². The monoisotopic (exact) mass is 407 g/mol. The molecule has 0 aliphatic heterocycles. The number of nitrogens with zero attached hydrogens (tertiary/aromatic N) is 3. The van der Waals surface area contributed by atoms with Crippen molar-refractivity contribution in [2.24, 2.45) is 0 Å². The fourth-order valence-corrected chi connectivity index (χ4v) is 3.19. The van der Waals surface area contributed by atoms with Crippen LogP contribution in [0, 0.1) is 0 Å². The minimum Gasteiger partial charge on any atom is -0.493 e. The molecule has 0 radical (unpaired) electrons. The van der Waals surface area contributed by atoms with Crippen LogP contribution in [0.2, 0.25) is 0 Å². The minimum absolute atomic E-state index is 0.0416. The second-order valence-electron chi connectivity index (χ2n) is 8.34. The molecule has 0 bridgehead atoms. The number of ether oxygens (including phenoxy) is 2. The van der Waals surface area contributed by atoms with Crippen molar-refractivity contribution in [3.05, 3.63) is 41.2 Å². The van der Waals surface area contributed by atoms with Gasteiger partial charge in [0.25, 0.3) is 5.91 Å². The lowest BCUT2D eigenvalue weighted by molar-refractivity contribution is -0.0512. The van der Waals surface area contributed by atoms with E-state index in [0.29, 0.717) is 11.6 Å². The number of hydrogen-bond acceptors (Lipinski definition) is 4. The maximum Gasteiger partial charge on any atom is 0.387 e. The van der Waals surface area contributed by atoms with Gasteiger partial charge in [-0.15, -0.1) is 0 Å². The van der Waals surface area contributed by atoms with Crippen molar-refractivity contribution in [2.45, 2.75) is 58.2 Å². The number of methoxy groups -OCH3 is 1. The molecule has 8 heteroatoms. The largest absolute Gasteiger partial charge is 0.493 e. The molecule has 1 aromatic carbocycles. The molecule has 0 saturated heterocycles. The van der Waals surface area contributed by atoms with E-state index in [4.69, 9.17) is 4.74 Å². The van der Waals surface area contributed by atoms with Gasteiger partial charge < -0.3 is 14.4 Å². The van der Waals surface area contributed by atoms with Crippen LogP contribution in [-0.4, -0.2) is 41.4 Å². The minimum atomic E-state index is -2.93. The summed E-state index contributed by atoms with van der Waals surface area (Å²) in [6, 6.07) is 6.55. The van der Waals surface area contributed by atoms with Crippen LogP contribution in [0.15, 0.2) is 24.3 Å². The van der Waals surface area contributed by atoms with E-state index in [1.54, 1.807) is 28.8 Å². The van der Waals surface area contributed by atoms with Gasteiger partial charge in [-0.25, -0.2) is 0 Å². The molecule has 1 aliphatic rings. The van der Waals surface area contributed by atoms with Crippen molar-refractivity contribution >= 4 is 5.91 Å². The van der Waals surface area contributed by atoms with E-state index in [1.165, 1.54) is 13.2 Å². The SMILES string of the molecule is COc1cc(CN(C)C(=O)c2cc(C3CC3)nn2C(C)(C)C)ccc1OC(F)F. The summed E-state index contributed by atoms with van der Waals surface area (Å²) in [4.78, 5) is 14.7. The summed E-state index contributed by atoms with van der Waals surface area (Å²) in [6.45, 7) is 3.40. The average molecular weight is 407 g/mol. The highest BCUT2D eigenvalue weighted by Gasteiger charge is 2.32. The Labute approximate surface area is 169 Å². The third kappa shape index (κ3) is 4.86. The summed E-state index contributed by atoms with van der Waals surface area (Å²) in [7, 11) is 3.09. The molecule has 158 valence electrons. The van der Waals surface area contributed by atoms with Gasteiger partial charge >= 0.3 is 6.61 Å². The fraction of sp³-hybridized carbons (Fsp3) is 0.524. The van der Waals surface area contributed by atoms with E-state index >= 15 is 0 Å². The molecule has 6 nitrogen and oxygen atoms in total. The molecule has 0 spiro atoms. The van der Waals surface area contributed by atoms with Crippen molar-refractivity contribution in [3.8, 4) is 11.5 Å². The van der Waals surface area contributed by atoms with Crippen LogP contribution in [0.25, 0.3) is 0 Å². The maximum absolute atomic E-state index is 13.1. The Balaban J connectivity index is 1.81. The third-order valence-corrected chi connectivity index (χ3v) is 4.79. The van der Waals surface area contributed by atoms with Crippen molar-refractivity contribution in [3.63, 3.8) is 0 Å². The van der Waals surface area contributed by atoms with Crippen LogP contribution in [-0.2, 0) is 12.1 Å². The quantitative estimate of drug-likeness (QED) is 0.683. The van der Waals surface area contributed by atoms with Gasteiger partial charge in [-0.3, -0.25) is 9.48 Å². The number of carbonyl (C=O) groups is 1. The highest BCUT2D eigenvalue weighted by atomic mass is 19.3. The normalized spacial score (nSPS) is 14.2. The molecule has 1 aromatic heterocycles. The van der Waals surface area contributed by atoms with E-state index in [2.05, 4.69) is 9.84 Å². The number of benzene rings is 1. The molecule has 2 aromatic rings. The van der Waals surface area contributed by atoms with Crippen molar-refractivity contribution in [2.75, 3.05) is 14.2 Å². The summed E-state index contributed by atoms with van der Waals surface area (Å²) < 4.78 is 36.4. The smallest absolute Gasteiger partial charge is 0.387 e. The summed E-state index contributed by atoms with van der Waals surface area (Å²) in [5.74, 6) is 0.452. The van der Waals surface area contributed by atoms with Gasteiger partial charge in [-0.05, 0) is 57.4 Å². The van der Waals surface area contributed by atoms with E-state index in [0.717, 1.165) is 24.1 Å². The molecule has 29 heavy (non-hydrogen) atoms. The van der Waals surface area contributed by atoms with Crippen molar-refractivity contribution in [1.29, 1.82) is 0 Å². The molecule has 1 saturated carbocycles. The van der Waals surface area contributed by atoms with Crippen molar-refractivity contribution < 1.29 is 23.0 Å². The number of aromatic nitrogens is 2. The Morgan fingerprint density at radius 3 is 2.52 bits per heavy atom. The fourth-order valence-electron chi connectivity index (χ4n) is 3.19. The van der Waals surface area contributed by atoms with Gasteiger partial charge in [-0.1, -0.05) is 6.07 Å². The van der Waals surface area contributed by atoms with Crippen LogP contribution in [0.5, 0.6) is 11.5 Å². The predicted molar refractivity (Wildman–Crippen MR) is 105 cm³/mol. The third-order valence-electron chi connectivity index (χ3n) is 4.79. The van der Waals surface area contributed by atoms with E-state index in [9.17, 15) is 13.6 Å². The molecule has 0 atom stereocenters. The van der Waals surface area contributed by atoms with E-state index < -0.39 is 6.61 Å². The van der Waals surface area contributed by atoms with Crippen LogP contribution in [0.3, 0.4) is 0 Å². The highest BCUT2D eigenvalue weighted by Crippen LogP contribution is 2.40. The molecule has 1 fully saturated rings. The molecular formula is C21H27F2N3O3. The molecule has 1 aliphatic carbocycles. The molecular weight excluding hydrogens is 380 g/mol. The Kier molecular flexibility index (Phi) is 5.82. The number of carbonyl (C=O) groups excluding carboxylic acids is 1. The van der Waals surface area contributed by atoms with Crippen LogP contribution in [0.1, 0.15) is 61.3 Å². The highest BCUT2D eigenvalue weighted by molar-refractivity contribution is 5.92. The first-order chi connectivity index (χ1) is 13.6. The van der Waals surface area contributed by atoms with Gasteiger partial charge in [0.2, 0.25) is 0 Å². The lowest BCUT2D eigenvalue weighted by atomic mass is 10.1. The van der Waals surface area contributed by atoms with Crippen LogP contribution >= 0.6 is 0 Å². The molecule has 3 rings (SSSR count). The number of rotatable bonds is 7.